The van der Waals surface area contributed by atoms with Crippen molar-refractivity contribution >= 4 is 30.5 Å². The van der Waals surface area contributed by atoms with Crippen molar-refractivity contribution in [3.8, 4) is 11.8 Å². The number of rotatable bonds is 2. The fraction of sp³-hybridized carbons (Fsp3) is 0.182. The number of carbonyl (C=O) groups excluding carboxylic acids is 1. The van der Waals surface area contributed by atoms with Crippen molar-refractivity contribution in [2.75, 3.05) is 5.75 Å². The summed E-state index contributed by atoms with van der Waals surface area (Å²) < 4.78 is 0. The van der Waals surface area contributed by atoms with Crippen LogP contribution in [-0.2, 0) is 0 Å². The van der Waals surface area contributed by atoms with Gasteiger partial charge in [0.2, 0.25) is 0 Å². The molecule has 3 heteroatoms. The molecule has 0 aromatic heterocycles. The Balaban J connectivity index is 2.98. The molecule has 0 saturated heterocycles. The average Bonchev–Trinajstić information content (AvgIpc) is 2.20. The molecule has 14 heavy (non-hydrogen) atoms. The monoisotopic (exact) mass is 224 g/mol. The third kappa shape index (κ3) is 3.10. The molecule has 1 rings (SSSR count). The molecule has 0 fully saturated rings. The Bertz CT molecular complexity index is 390. The zero-order valence-corrected chi connectivity index (χ0v) is 9.11. The molecular weight excluding hydrogens is 216 g/mol. The van der Waals surface area contributed by atoms with E-state index in [1.54, 1.807) is 18.2 Å². The molecule has 72 valence electrons. The van der Waals surface area contributed by atoms with Crippen molar-refractivity contribution in [1.82, 2.24) is 0 Å². The third-order valence-corrected chi connectivity index (χ3v) is 2.06. The van der Waals surface area contributed by atoms with Crippen LogP contribution in [0.2, 0.25) is 5.02 Å². The van der Waals surface area contributed by atoms with Crippen LogP contribution in [0.1, 0.15) is 22.3 Å². The molecule has 1 aromatic rings. The quantitative estimate of drug-likeness (QED) is 0.465. The van der Waals surface area contributed by atoms with Crippen LogP contribution in [-0.4, -0.2) is 12.0 Å². The largest absolute Gasteiger partial charge is 0.298 e. The molecule has 1 nitrogen and oxygen atoms in total. The zero-order chi connectivity index (χ0) is 10.4. The minimum absolute atomic E-state index is 0.532. The minimum atomic E-state index is 0.532. The van der Waals surface area contributed by atoms with Crippen LogP contribution in [0.15, 0.2) is 18.2 Å². The number of carbonyl (C=O) groups is 1. The second kappa shape index (κ2) is 5.74. The topological polar surface area (TPSA) is 17.1 Å². The van der Waals surface area contributed by atoms with Crippen LogP contribution in [0.3, 0.4) is 0 Å². The third-order valence-electron chi connectivity index (χ3n) is 1.60. The van der Waals surface area contributed by atoms with Crippen LogP contribution < -0.4 is 0 Å². The van der Waals surface area contributed by atoms with Gasteiger partial charge in [0.05, 0.1) is 0 Å². The van der Waals surface area contributed by atoms with E-state index in [0.717, 1.165) is 12.0 Å². The number of hydrogen-bond donors (Lipinski definition) is 1. The number of aldehydes is 1. The van der Waals surface area contributed by atoms with E-state index in [4.69, 9.17) is 11.6 Å². The highest BCUT2D eigenvalue weighted by atomic mass is 35.5. The molecule has 0 radical (unpaired) electrons. The fourth-order valence-corrected chi connectivity index (χ4v) is 1.25. The first-order valence-electron chi connectivity index (χ1n) is 4.12. The van der Waals surface area contributed by atoms with E-state index in [0.29, 0.717) is 22.6 Å². The highest BCUT2D eigenvalue weighted by Crippen LogP contribution is 2.13. The maximum absolute atomic E-state index is 10.7. The molecule has 0 bridgehead atoms. The molecule has 0 atom stereocenters. The second-order valence-electron chi connectivity index (χ2n) is 2.62. The SMILES string of the molecule is O=Cc1cc(Cl)ccc1C#CCCS. The summed E-state index contributed by atoms with van der Waals surface area (Å²) in [5, 5.41) is 0.548. The Labute approximate surface area is 93.9 Å². The molecule has 0 amide bonds. The lowest BCUT2D eigenvalue weighted by Gasteiger charge is -1.96. The molecule has 0 spiro atoms. The lowest BCUT2D eigenvalue weighted by molar-refractivity contribution is 0.112. The van der Waals surface area contributed by atoms with Crippen molar-refractivity contribution in [3.63, 3.8) is 0 Å². The van der Waals surface area contributed by atoms with E-state index in [2.05, 4.69) is 24.5 Å². The maximum atomic E-state index is 10.7. The first kappa shape index (κ1) is 11.2. The Kier molecular flexibility index (Phi) is 4.58. The lowest BCUT2D eigenvalue weighted by Crippen LogP contribution is -1.86. The van der Waals surface area contributed by atoms with Gasteiger partial charge >= 0.3 is 0 Å². The summed E-state index contributed by atoms with van der Waals surface area (Å²) in [4.78, 5) is 10.7. The van der Waals surface area contributed by atoms with Gasteiger partial charge in [0.25, 0.3) is 0 Å². The van der Waals surface area contributed by atoms with E-state index in [-0.39, 0.29) is 0 Å². The normalized spacial score (nSPS) is 9.00. The highest BCUT2D eigenvalue weighted by molar-refractivity contribution is 7.80. The van der Waals surface area contributed by atoms with Crippen molar-refractivity contribution in [2.45, 2.75) is 6.42 Å². The fourth-order valence-electron chi connectivity index (χ4n) is 0.959. The van der Waals surface area contributed by atoms with Crippen molar-refractivity contribution in [2.24, 2.45) is 0 Å². The Morgan fingerprint density at radius 3 is 2.93 bits per heavy atom. The molecule has 1 aromatic carbocycles. The first-order valence-corrected chi connectivity index (χ1v) is 5.13. The number of halogens is 1. The van der Waals surface area contributed by atoms with Gasteiger partial charge in [0.1, 0.15) is 0 Å². The minimum Gasteiger partial charge on any atom is -0.298 e. The summed E-state index contributed by atoms with van der Waals surface area (Å²) in [6, 6.07) is 5.08. The summed E-state index contributed by atoms with van der Waals surface area (Å²) in [6.45, 7) is 0. The molecule has 0 unspecified atom stereocenters. The number of hydrogen-bond acceptors (Lipinski definition) is 2. The van der Waals surface area contributed by atoms with E-state index in [9.17, 15) is 4.79 Å². The van der Waals surface area contributed by atoms with Crippen molar-refractivity contribution in [1.29, 1.82) is 0 Å². The molecular formula is C11H9ClOS. The number of thiol groups is 1. The zero-order valence-electron chi connectivity index (χ0n) is 7.46. The average molecular weight is 225 g/mol. The molecule has 0 aliphatic heterocycles. The molecule has 0 aliphatic carbocycles. The van der Waals surface area contributed by atoms with Gasteiger partial charge < -0.3 is 0 Å². The van der Waals surface area contributed by atoms with Gasteiger partial charge in [0, 0.05) is 28.3 Å². The predicted octanol–water partition coefficient (Wildman–Crippen LogP) is 2.82. The van der Waals surface area contributed by atoms with Gasteiger partial charge in [-0.25, -0.2) is 0 Å². The van der Waals surface area contributed by atoms with Crippen molar-refractivity contribution in [3.05, 3.63) is 34.3 Å². The Morgan fingerprint density at radius 2 is 2.29 bits per heavy atom. The standard InChI is InChI=1S/C11H9ClOS/c12-11-5-4-9(3-1-2-6-14)10(7-11)8-13/h4-5,7-8,14H,2,6H2. The Morgan fingerprint density at radius 1 is 1.50 bits per heavy atom. The smallest absolute Gasteiger partial charge is 0.151 e. The summed E-state index contributed by atoms with van der Waals surface area (Å²) in [5.74, 6) is 6.54. The molecule has 0 aliphatic rings. The first-order chi connectivity index (χ1) is 6.77. The van der Waals surface area contributed by atoms with E-state index >= 15 is 0 Å². The van der Waals surface area contributed by atoms with Gasteiger partial charge in [-0.3, -0.25) is 4.79 Å². The Hall–Kier alpha value is -0.910. The van der Waals surface area contributed by atoms with Gasteiger partial charge in [0.15, 0.2) is 6.29 Å². The van der Waals surface area contributed by atoms with Crippen molar-refractivity contribution < 1.29 is 4.79 Å². The number of benzene rings is 1. The van der Waals surface area contributed by atoms with Crippen LogP contribution >= 0.6 is 24.2 Å². The van der Waals surface area contributed by atoms with E-state index in [1.165, 1.54) is 0 Å². The van der Waals surface area contributed by atoms with Crippen LogP contribution in [0, 0.1) is 11.8 Å². The van der Waals surface area contributed by atoms with Gasteiger partial charge in [-0.15, -0.1) is 0 Å². The lowest BCUT2D eigenvalue weighted by atomic mass is 10.1. The van der Waals surface area contributed by atoms with Crippen LogP contribution in [0.5, 0.6) is 0 Å². The van der Waals surface area contributed by atoms with Gasteiger partial charge in [-0.1, -0.05) is 23.4 Å². The van der Waals surface area contributed by atoms with Gasteiger partial charge in [-0.05, 0) is 18.2 Å². The molecule has 0 heterocycles. The van der Waals surface area contributed by atoms with Crippen LogP contribution in [0.25, 0.3) is 0 Å². The summed E-state index contributed by atoms with van der Waals surface area (Å²) in [6.07, 6.45) is 1.47. The van der Waals surface area contributed by atoms with Gasteiger partial charge in [-0.2, -0.15) is 12.6 Å². The second-order valence-corrected chi connectivity index (χ2v) is 3.51. The van der Waals surface area contributed by atoms with E-state index in [1.807, 2.05) is 0 Å². The van der Waals surface area contributed by atoms with Crippen LogP contribution in [0.4, 0.5) is 0 Å². The molecule has 0 N–H and O–H groups in total. The summed E-state index contributed by atoms with van der Waals surface area (Å²) in [5.41, 5.74) is 1.25. The summed E-state index contributed by atoms with van der Waals surface area (Å²) >= 11 is 9.78. The molecule has 0 saturated carbocycles. The predicted molar refractivity (Wildman–Crippen MR) is 62.2 cm³/mol. The van der Waals surface area contributed by atoms with E-state index < -0.39 is 0 Å². The highest BCUT2D eigenvalue weighted by Gasteiger charge is 1.98. The maximum Gasteiger partial charge on any atom is 0.151 e. The summed E-state index contributed by atoms with van der Waals surface area (Å²) in [7, 11) is 0.